The lowest BCUT2D eigenvalue weighted by atomic mass is 10.4. The first-order valence-electron chi connectivity index (χ1n) is 4.51. The van der Waals surface area contributed by atoms with Crippen molar-refractivity contribution in [1.82, 2.24) is 14.9 Å². The minimum Gasteiger partial charge on any atom is -0.353 e. The number of hydrogen-bond donors (Lipinski definition) is 1. The van der Waals surface area contributed by atoms with Crippen LogP contribution in [0, 0.1) is 0 Å². The fourth-order valence-corrected chi connectivity index (χ4v) is 1.22. The van der Waals surface area contributed by atoms with E-state index >= 15 is 0 Å². The lowest BCUT2D eigenvalue weighted by molar-refractivity contribution is -0.120. The average Bonchev–Trinajstić information content (AvgIpc) is 2.79. The van der Waals surface area contributed by atoms with E-state index in [2.05, 4.69) is 10.3 Å². The fourth-order valence-electron chi connectivity index (χ4n) is 1.22. The molecule has 0 atom stereocenters. The van der Waals surface area contributed by atoms with Crippen molar-refractivity contribution in [3.63, 3.8) is 0 Å². The van der Waals surface area contributed by atoms with Crippen LogP contribution < -0.4 is 5.32 Å². The molecule has 13 heavy (non-hydrogen) atoms. The third-order valence-electron chi connectivity index (χ3n) is 2.18. The van der Waals surface area contributed by atoms with Crippen molar-refractivity contribution in [3.05, 3.63) is 18.2 Å². The number of carbonyl (C=O) groups is 1. The van der Waals surface area contributed by atoms with Gasteiger partial charge in [0.15, 0.2) is 0 Å². The summed E-state index contributed by atoms with van der Waals surface area (Å²) in [5.41, 5.74) is 0. The van der Waals surface area contributed by atoms with E-state index in [1.54, 1.807) is 6.20 Å². The second-order valence-electron chi connectivity index (χ2n) is 3.47. The van der Waals surface area contributed by atoms with Gasteiger partial charge in [0.05, 0.1) is 6.42 Å². The molecule has 1 N–H and O–H groups in total. The lowest BCUT2D eigenvalue weighted by Gasteiger charge is -2.02. The quantitative estimate of drug-likeness (QED) is 0.722. The summed E-state index contributed by atoms with van der Waals surface area (Å²) < 4.78 is 1.87. The molecule has 0 radical (unpaired) electrons. The molecule has 4 nitrogen and oxygen atoms in total. The molecule has 0 saturated heterocycles. The lowest BCUT2D eigenvalue weighted by Crippen LogP contribution is -2.27. The maximum atomic E-state index is 11.3. The zero-order valence-corrected chi connectivity index (χ0v) is 7.66. The number of carbonyl (C=O) groups excluding carboxylic acids is 1. The second-order valence-corrected chi connectivity index (χ2v) is 3.47. The molecule has 1 amide bonds. The SMILES string of the molecule is Cn1ccnc1CC(=O)NC1CC1. The molecule has 1 aliphatic carbocycles. The zero-order chi connectivity index (χ0) is 9.26. The molecule has 4 heteroatoms. The van der Waals surface area contributed by atoms with Gasteiger partial charge < -0.3 is 9.88 Å². The minimum absolute atomic E-state index is 0.0804. The summed E-state index contributed by atoms with van der Waals surface area (Å²) in [5.74, 6) is 0.898. The number of nitrogens with one attached hydrogen (secondary N) is 1. The molecule has 1 aromatic heterocycles. The Morgan fingerprint density at radius 2 is 2.54 bits per heavy atom. The van der Waals surface area contributed by atoms with Crippen molar-refractivity contribution in [3.8, 4) is 0 Å². The summed E-state index contributed by atoms with van der Waals surface area (Å²) in [7, 11) is 1.90. The molecule has 1 saturated carbocycles. The first-order chi connectivity index (χ1) is 6.25. The van der Waals surface area contributed by atoms with Crippen molar-refractivity contribution >= 4 is 5.91 Å². The molecular formula is C9H13N3O. The number of imidazole rings is 1. The van der Waals surface area contributed by atoms with Gasteiger partial charge in [0.2, 0.25) is 5.91 Å². The number of nitrogens with zero attached hydrogens (tertiary/aromatic N) is 2. The molecule has 0 aliphatic heterocycles. The molecule has 0 aromatic carbocycles. The molecule has 1 heterocycles. The Morgan fingerprint density at radius 3 is 3.08 bits per heavy atom. The Kier molecular flexibility index (Phi) is 2.04. The summed E-state index contributed by atoms with van der Waals surface area (Å²) in [6.45, 7) is 0. The smallest absolute Gasteiger partial charge is 0.227 e. The van der Waals surface area contributed by atoms with Crippen LogP contribution in [0.15, 0.2) is 12.4 Å². The first kappa shape index (κ1) is 8.29. The highest BCUT2D eigenvalue weighted by atomic mass is 16.1. The van der Waals surface area contributed by atoms with Crippen LogP contribution in [0.3, 0.4) is 0 Å². The maximum absolute atomic E-state index is 11.3. The van der Waals surface area contributed by atoms with Crippen LogP contribution >= 0.6 is 0 Å². The van der Waals surface area contributed by atoms with Gasteiger partial charge in [0, 0.05) is 25.5 Å². The summed E-state index contributed by atoms with van der Waals surface area (Å²) >= 11 is 0. The van der Waals surface area contributed by atoms with E-state index in [4.69, 9.17) is 0 Å². The van der Waals surface area contributed by atoms with Crippen LogP contribution in [0.1, 0.15) is 18.7 Å². The highest BCUT2D eigenvalue weighted by molar-refractivity contribution is 5.78. The van der Waals surface area contributed by atoms with Crippen LogP contribution in [0.25, 0.3) is 0 Å². The Morgan fingerprint density at radius 1 is 1.77 bits per heavy atom. The number of rotatable bonds is 3. The normalized spacial score (nSPS) is 15.8. The van der Waals surface area contributed by atoms with Gasteiger partial charge in [0.25, 0.3) is 0 Å². The van der Waals surface area contributed by atoms with E-state index in [0.29, 0.717) is 12.5 Å². The van der Waals surface area contributed by atoms with Crippen LogP contribution in [0.5, 0.6) is 0 Å². The van der Waals surface area contributed by atoms with Crippen LogP contribution in [-0.2, 0) is 18.3 Å². The Bertz CT molecular complexity index is 314. The third-order valence-corrected chi connectivity index (χ3v) is 2.18. The van der Waals surface area contributed by atoms with Gasteiger partial charge in [0.1, 0.15) is 5.82 Å². The average molecular weight is 179 g/mol. The molecule has 0 spiro atoms. The van der Waals surface area contributed by atoms with Crippen LogP contribution in [-0.4, -0.2) is 21.5 Å². The van der Waals surface area contributed by atoms with Crippen LogP contribution in [0.2, 0.25) is 0 Å². The number of amides is 1. The predicted molar refractivity (Wildman–Crippen MR) is 48.1 cm³/mol. The van der Waals surface area contributed by atoms with Gasteiger partial charge >= 0.3 is 0 Å². The van der Waals surface area contributed by atoms with Crippen molar-refractivity contribution in [2.75, 3.05) is 0 Å². The zero-order valence-electron chi connectivity index (χ0n) is 7.66. The highest BCUT2D eigenvalue weighted by Crippen LogP contribution is 2.18. The van der Waals surface area contributed by atoms with Gasteiger partial charge in [-0.1, -0.05) is 0 Å². The van der Waals surface area contributed by atoms with E-state index in [1.807, 2.05) is 17.8 Å². The molecule has 1 aliphatic rings. The van der Waals surface area contributed by atoms with Crippen molar-refractivity contribution < 1.29 is 4.79 Å². The van der Waals surface area contributed by atoms with Crippen molar-refractivity contribution in [2.24, 2.45) is 7.05 Å². The molecule has 1 aromatic rings. The second kappa shape index (κ2) is 3.20. The molecule has 0 unspecified atom stereocenters. The molecule has 0 bridgehead atoms. The van der Waals surface area contributed by atoms with Gasteiger partial charge in [-0.25, -0.2) is 4.98 Å². The van der Waals surface area contributed by atoms with E-state index in [1.165, 1.54) is 0 Å². The molecular weight excluding hydrogens is 166 g/mol. The molecule has 2 rings (SSSR count). The highest BCUT2D eigenvalue weighted by Gasteiger charge is 2.23. The number of hydrogen-bond acceptors (Lipinski definition) is 2. The Balaban J connectivity index is 1.89. The van der Waals surface area contributed by atoms with E-state index < -0.39 is 0 Å². The van der Waals surface area contributed by atoms with Crippen molar-refractivity contribution in [2.45, 2.75) is 25.3 Å². The van der Waals surface area contributed by atoms with Gasteiger partial charge in [-0.3, -0.25) is 4.79 Å². The maximum Gasteiger partial charge on any atom is 0.227 e. The third kappa shape index (κ3) is 2.08. The van der Waals surface area contributed by atoms with Gasteiger partial charge in [-0.2, -0.15) is 0 Å². The van der Waals surface area contributed by atoms with Gasteiger partial charge in [-0.15, -0.1) is 0 Å². The summed E-state index contributed by atoms with van der Waals surface area (Å²) in [6, 6.07) is 0.438. The van der Waals surface area contributed by atoms with Crippen molar-refractivity contribution in [1.29, 1.82) is 0 Å². The largest absolute Gasteiger partial charge is 0.353 e. The Labute approximate surface area is 77.0 Å². The molecule has 1 fully saturated rings. The van der Waals surface area contributed by atoms with Gasteiger partial charge in [-0.05, 0) is 12.8 Å². The summed E-state index contributed by atoms with van der Waals surface area (Å²) in [4.78, 5) is 15.4. The number of aromatic nitrogens is 2. The van der Waals surface area contributed by atoms with E-state index in [-0.39, 0.29) is 5.91 Å². The topological polar surface area (TPSA) is 46.9 Å². The Hall–Kier alpha value is -1.32. The standard InChI is InChI=1S/C9H13N3O/c1-12-5-4-10-8(12)6-9(13)11-7-2-3-7/h4-5,7H,2-3,6H2,1H3,(H,11,13). The summed E-state index contributed by atoms with van der Waals surface area (Å²) in [5, 5.41) is 2.93. The first-order valence-corrected chi connectivity index (χ1v) is 4.51. The number of aryl methyl sites for hydroxylation is 1. The fraction of sp³-hybridized carbons (Fsp3) is 0.556. The van der Waals surface area contributed by atoms with E-state index in [0.717, 1.165) is 18.7 Å². The van der Waals surface area contributed by atoms with E-state index in [9.17, 15) is 4.79 Å². The van der Waals surface area contributed by atoms with Crippen LogP contribution in [0.4, 0.5) is 0 Å². The minimum atomic E-state index is 0.0804. The molecule has 70 valence electrons. The monoisotopic (exact) mass is 179 g/mol. The summed E-state index contributed by atoms with van der Waals surface area (Å²) in [6.07, 6.45) is 6.21. The predicted octanol–water partition coefficient (Wildman–Crippen LogP) is 0.241.